The molecule has 0 bridgehead atoms. The second-order valence-corrected chi connectivity index (χ2v) is 5.54. The van der Waals surface area contributed by atoms with Crippen molar-refractivity contribution >= 4 is 11.6 Å². The second kappa shape index (κ2) is 7.06. The van der Waals surface area contributed by atoms with Crippen LogP contribution in [0.15, 0.2) is 18.2 Å². The van der Waals surface area contributed by atoms with Crippen LogP contribution in [0, 0.1) is 19.8 Å². The van der Waals surface area contributed by atoms with E-state index in [-0.39, 0.29) is 5.38 Å². The molecule has 0 N–H and O–H groups in total. The highest BCUT2D eigenvalue weighted by atomic mass is 35.5. The molecule has 96 valence electrons. The van der Waals surface area contributed by atoms with E-state index in [1.54, 1.807) is 0 Å². The van der Waals surface area contributed by atoms with Crippen molar-refractivity contribution in [3.8, 4) is 0 Å². The van der Waals surface area contributed by atoms with Gasteiger partial charge in [-0.1, -0.05) is 56.9 Å². The van der Waals surface area contributed by atoms with Gasteiger partial charge >= 0.3 is 0 Å². The molecule has 2 unspecified atom stereocenters. The third kappa shape index (κ3) is 4.03. The Morgan fingerprint density at radius 3 is 2.47 bits per heavy atom. The summed E-state index contributed by atoms with van der Waals surface area (Å²) in [5.74, 6) is 0.608. The van der Waals surface area contributed by atoms with Gasteiger partial charge in [-0.25, -0.2) is 0 Å². The summed E-state index contributed by atoms with van der Waals surface area (Å²) < 4.78 is 0. The van der Waals surface area contributed by atoms with Gasteiger partial charge in [-0.05, 0) is 37.3 Å². The van der Waals surface area contributed by atoms with Gasteiger partial charge in [-0.2, -0.15) is 0 Å². The fourth-order valence-corrected chi connectivity index (χ4v) is 2.87. The Bertz CT molecular complexity index is 343. The monoisotopic (exact) mass is 252 g/mol. The zero-order chi connectivity index (χ0) is 12.8. The van der Waals surface area contributed by atoms with Crippen molar-refractivity contribution in [1.82, 2.24) is 0 Å². The highest BCUT2D eigenvalue weighted by Crippen LogP contribution is 2.36. The van der Waals surface area contributed by atoms with Gasteiger partial charge in [0.25, 0.3) is 0 Å². The van der Waals surface area contributed by atoms with Gasteiger partial charge < -0.3 is 0 Å². The lowest BCUT2D eigenvalue weighted by atomic mass is 9.89. The molecule has 0 aliphatic carbocycles. The summed E-state index contributed by atoms with van der Waals surface area (Å²) in [5, 5.41) is 0.173. The number of benzene rings is 1. The van der Waals surface area contributed by atoms with Crippen LogP contribution < -0.4 is 0 Å². The molecule has 0 aliphatic rings. The van der Waals surface area contributed by atoms with E-state index in [0.717, 1.165) is 0 Å². The van der Waals surface area contributed by atoms with Gasteiger partial charge in [0.05, 0.1) is 5.38 Å². The topological polar surface area (TPSA) is 0 Å². The summed E-state index contributed by atoms with van der Waals surface area (Å²) in [5.41, 5.74) is 3.96. The van der Waals surface area contributed by atoms with Crippen LogP contribution in [0.1, 0.15) is 61.6 Å². The lowest BCUT2D eigenvalue weighted by Crippen LogP contribution is -2.09. The summed E-state index contributed by atoms with van der Waals surface area (Å²) >= 11 is 6.69. The molecule has 0 spiro atoms. The van der Waals surface area contributed by atoms with E-state index in [1.807, 2.05) is 0 Å². The number of aryl methyl sites for hydroxylation is 2. The van der Waals surface area contributed by atoms with Crippen molar-refractivity contribution in [1.29, 1.82) is 0 Å². The van der Waals surface area contributed by atoms with E-state index < -0.39 is 0 Å². The van der Waals surface area contributed by atoms with E-state index in [2.05, 4.69) is 45.9 Å². The average molecular weight is 253 g/mol. The molecule has 2 atom stereocenters. The van der Waals surface area contributed by atoms with E-state index in [0.29, 0.717) is 5.92 Å². The van der Waals surface area contributed by atoms with Crippen LogP contribution in [0.25, 0.3) is 0 Å². The highest BCUT2D eigenvalue weighted by Gasteiger charge is 2.20. The van der Waals surface area contributed by atoms with Crippen molar-refractivity contribution in [2.75, 3.05) is 0 Å². The lowest BCUT2D eigenvalue weighted by Gasteiger charge is -2.23. The maximum Gasteiger partial charge on any atom is 0.0615 e. The fourth-order valence-electron chi connectivity index (χ4n) is 2.33. The van der Waals surface area contributed by atoms with Gasteiger partial charge in [0.2, 0.25) is 0 Å². The molecule has 1 heteroatoms. The van der Waals surface area contributed by atoms with Crippen LogP contribution in [0.3, 0.4) is 0 Å². The summed E-state index contributed by atoms with van der Waals surface area (Å²) in [7, 11) is 0. The first-order chi connectivity index (χ1) is 8.10. The molecule has 0 radical (unpaired) electrons. The average Bonchev–Trinajstić information content (AvgIpc) is 2.33. The summed E-state index contributed by atoms with van der Waals surface area (Å²) in [6, 6.07) is 6.60. The Hall–Kier alpha value is -0.490. The molecule has 17 heavy (non-hydrogen) atoms. The number of hydrogen-bond donors (Lipinski definition) is 0. The molecule has 0 aliphatic heterocycles. The Morgan fingerprint density at radius 1 is 1.18 bits per heavy atom. The zero-order valence-corrected chi connectivity index (χ0v) is 12.3. The van der Waals surface area contributed by atoms with Crippen molar-refractivity contribution in [2.45, 2.75) is 58.8 Å². The van der Waals surface area contributed by atoms with Gasteiger partial charge in [0, 0.05) is 0 Å². The summed E-state index contributed by atoms with van der Waals surface area (Å²) in [6.07, 6.45) is 4.95. The first kappa shape index (κ1) is 14.6. The first-order valence-corrected chi connectivity index (χ1v) is 7.25. The molecule has 0 heterocycles. The molecular formula is C16H25Cl. The smallest absolute Gasteiger partial charge is 0.0615 e. The molecule has 0 aromatic heterocycles. The number of halogens is 1. The first-order valence-electron chi connectivity index (χ1n) is 6.81. The summed E-state index contributed by atoms with van der Waals surface area (Å²) in [6.45, 7) is 8.80. The number of hydrogen-bond acceptors (Lipinski definition) is 0. The number of alkyl halides is 1. The van der Waals surface area contributed by atoms with Crippen molar-refractivity contribution in [3.05, 3.63) is 34.9 Å². The standard InChI is InChI=1S/C16H25Cl/c1-5-7-8-14(6-2)16(17)15-11-12(3)9-10-13(15)4/h9-11,14,16H,5-8H2,1-4H3. The zero-order valence-electron chi connectivity index (χ0n) is 11.6. The SMILES string of the molecule is CCCCC(CC)C(Cl)c1cc(C)ccc1C. The second-order valence-electron chi connectivity index (χ2n) is 5.07. The van der Waals surface area contributed by atoms with Crippen molar-refractivity contribution in [3.63, 3.8) is 0 Å². The van der Waals surface area contributed by atoms with E-state index >= 15 is 0 Å². The lowest BCUT2D eigenvalue weighted by molar-refractivity contribution is 0.436. The maximum atomic E-state index is 6.69. The van der Waals surface area contributed by atoms with Crippen LogP contribution in [0.2, 0.25) is 0 Å². The molecule has 1 rings (SSSR count). The third-order valence-corrected chi connectivity index (χ3v) is 4.19. The van der Waals surface area contributed by atoms with Crippen molar-refractivity contribution in [2.24, 2.45) is 5.92 Å². The van der Waals surface area contributed by atoms with Crippen LogP contribution in [-0.4, -0.2) is 0 Å². The molecule has 1 aromatic carbocycles. The minimum absolute atomic E-state index is 0.173. The molecular weight excluding hydrogens is 228 g/mol. The Kier molecular flexibility index (Phi) is 6.05. The van der Waals surface area contributed by atoms with Crippen LogP contribution in [0.5, 0.6) is 0 Å². The van der Waals surface area contributed by atoms with Gasteiger partial charge in [-0.15, -0.1) is 11.6 Å². The Labute approximate surface area is 111 Å². The third-order valence-electron chi connectivity index (χ3n) is 3.60. The molecule has 0 saturated carbocycles. The fraction of sp³-hybridized carbons (Fsp3) is 0.625. The van der Waals surface area contributed by atoms with Crippen molar-refractivity contribution < 1.29 is 0 Å². The largest absolute Gasteiger partial charge is 0.118 e. The Balaban J connectivity index is 2.85. The van der Waals surface area contributed by atoms with Gasteiger partial charge in [0.1, 0.15) is 0 Å². The highest BCUT2D eigenvalue weighted by molar-refractivity contribution is 6.21. The minimum Gasteiger partial charge on any atom is -0.118 e. The normalized spacial score (nSPS) is 14.6. The van der Waals surface area contributed by atoms with E-state index in [4.69, 9.17) is 11.6 Å². The van der Waals surface area contributed by atoms with Crippen LogP contribution in [-0.2, 0) is 0 Å². The van der Waals surface area contributed by atoms with Crippen LogP contribution in [0.4, 0.5) is 0 Å². The van der Waals surface area contributed by atoms with Gasteiger partial charge in [-0.3, -0.25) is 0 Å². The quantitative estimate of drug-likeness (QED) is 0.562. The predicted molar refractivity (Wildman–Crippen MR) is 77.8 cm³/mol. The van der Waals surface area contributed by atoms with Gasteiger partial charge in [0.15, 0.2) is 0 Å². The predicted octanol–water partition coefficient (Wildman–Crippen LogP) is 5.80. The summed E-state index contributed by atoms with van der Waals surface area (Å²) in [4.78, 5) is 0. The molecule has 0 saturated heterocycles. The van der Waals surface area contributed by atoms with E-state index in [1.165, 1.54) is 42.4 Å². The van der Waals surface area contributed by atoms with Crippen LogP contribution >= 0.6 is 11.6 Å². The minimum atomic E-state index is 0.173. The molecule has 0 amide bonds. The number of rotatable bonds is 6. The van der Waals surface area contributed by atoms with E-state index in [9.17, 15) is 0 Å². The Morgan fingerprint density at radius 2 is 1.88 bits per heavy atom. The number of unbranched alkanes of at least 4 members (excludes halogenated alkanes) is 1. The maximum absolute atomic E-state index is 6.69. The molecule has 0 fully saturated rings. The molecule has 0 nitrogen and oxygen atoms in total. The molecule has 1 aromatic rings.